The van der Waals surface area contributed by atoms with Gasteiger partial charge >= 0.3 is 6.18 Å². The number of hydrogen-bond donors (Lipinski definition) is 1. The standard InChI is InChI=1S/C9H16F3NOS/c1-13-4-5-15-6-7(13)8(14)2-3-9(10,11)12/h7-8,14H,2-6H2,1H3. The number of hydrogen-bond acceptors (Lipinski definition) is 3. The number of halogens is 3. The van der Waals surface area contributed by atoms with Crippen LogP contribution in [0.15, 0.2) is 0 Å². The first-order valence-corrected chi connectivity index (χ1v) is 6.08. The van der Waals surface area contributed by atoms with E-state index in [1.54, 1.807) is 11.8 Å². The number of alkyl halides is 3. The molecule has 0 aliphatic carbocycles. The molecule has 15 heavy (non-hydrogen) atoms. The summed E-state index contributed by atoms with van der Waals surface area (Å²) in [5, 5.41) is 9.65. The van der Waals surface area contributed by atoms with Crippen LogP contribution >= 0.6 is 11.8 Å². The summed E-state index contributed by atoms with van der Waals surface area (Å²) in [5.41, 5.74) is 0. The smallest absolute Gasteiger partial charge is 0.389 e. The largest absolute Gasteiger partial charge is 0.391 e. The second-order valence-electron chi connectivity index (χ2n) is 3.84. The van der Waals surface area contributed by atoms with Crippen LogP contribution < -0.4 is 0 Å². The molecule has 1 aliphatic heterocycles. The molecule has 90 valence electrons. The second kappa shape index (κ2) is 5.41. The molecule has 1 saturated heterocycles. The summed E-state index contributed by atoms with van der Waals surface area (Å²) in [7, 11) is 1.85. The Balaban J connectivity index is 2.35. The highest BCUT2D eigenvalue weighted by molar-refractivity contribution is 7.99. The Bertz CT molecular complexity index is 200. The summed E-state index contributed by atoms with van der Waals surface area (Å²) in [6.07, 6.45) is -6.13. The molecule has 0 aromatic rings. The van der Waals surface area contributed by atoms with E-state index >= 15 is 0 Å². The SMILES string of the molecule is CN1CCSCC1C(O)CCC(F)(F)F. The zero-order valence-electron chi connectivity index (χ0n) is 8.63. The van der Waals surface area contributed by atoms with Crippen LogP contribution in [0, 0.1) is 0 Å². The van der Waals surface area contributed by atoms with E-state index in [0.717, 1.165) is 18.1 Å². The quantitative estimate of drug-likeness (QED) is 0.816. The van der Waals surface area contributed by atoms with Crippen molar-refractivity contribution in [2.45, 2.75) is 31.2 Å². The number of thioether (sulfide) groups is 1. The van der Waals surface area contributed by atoms with Crippen LogP contribution in [0.5, 0.6) is 0 Å². The average molecular weight is 243 g/mol. The lowest BCUT2D eigenvalue weighted by molar-refractivity contribution is -0.141. The number of aliphatic hydroxyl groups is 1. The Morgan fingerprint density at radius 1 is 1.53 bits per heavy atom. The summed E-state index contributed by atoms with van der Waals surface area (Å²) in [6, 6.07) is -0.133. The van der Waals surface area contributed by atoms with Gasteiger partial charge in [-0.2, -0.15) is 24.9 Å². The molecule has 0 amide bonds. The van der Waals surface area contributed by atoms with Crippen LogP contribution in [-0.4, -0.2) is 53.4 Å². The van der Waals surface area contributed by atoms with Crippen molar-refractivity contribution in [1.82, 2.24) is 4.90 Å². The van der Waals surface area contributed by atoms with Gasteiger partial charge in [-0.3, -0.25) is 4.90 Å². The highest BCUT2D eigenvalue weighted by Crippen LogP contribution is 2.25. The van der Waals surface area contributed by atoms with Crippen molar-refractivity contribution in [2.24, 2.45) is 0 Å². The van der Waals surface area contributed by atoms with Crippen molar-refractivity contribution in [3.63, 3.8) is 0 Å². The minimum absolute atomic E-state index is 0.133. The average Bonchev–Trinajstić information content (AvgIpc) is 2.14. The molecular weight excluding hydrogens is 227 g/mol. The van der Waals surface area contributed by atoms with Crippen LogP contribution in [0.1, 0.15) is 12.8 Å². The lowest BCUT2D eigenvalue weighted by Crippen LogP contribution is -2.47. The van der Waals surface area contributed by atoms with Gasteiger partial charge in [0.2, 0.25) is 0 Å². The molecule has 0 saturated carbocycles. The van der Waals surface area contributed by atoms with Gasteiger partial charge in [0.05, 0.1) is 6.10 Å². The maximum Gasteiger partial charge on any atom is 0.389 e. The van der Waals surface area contributed by atoms with E-state index in [4.69, 9.17) is 0 Å². The van der Waals surface area contributed by atoms with E-state index in [2.05, 4.69) is 0 Å². The fourth-order valence-electron chi connectivity index (χ4n) is 1.61. The van der Waals surface area contributed by atoms with Crippen molar-refractivity contribution < 1.29 is 18.3 Å². The molecule has 0 radical (unpaired) electrons. The predicted molar refractivity (Wildman–Crippen MR) is 55.0 cm³/mol. The number of likely N-dealkylation sites (N-methyl/N-ethyl adjacent to an activating group) is 1. The first kappa shape index (κ1) is 13.1. The van der Waals surface area contributed by atoms with Crippen LogP contribution in [0.4, 0.5) is 13.2 Å². The Morgan fingerprint density at radius 2 is 2.20 bits per heavy atom. The first-order chi connectivity index (χ1) is 6.90. The summed E-state index contributed by atoms with van der Waals surface area (Å²) in [5.74, 6) is 1.70. The Labute approximate surface area is 91.8 Å². The zero-order chi connectivity index (χ0) is 11.5. The number of aliphatic hydroxyl groups excluding tert-OH is 1. The topological polar surface area (TPSA) is 23.5 Å². The lowest BCUT2D eigenvalue weighted by Gasteiger charge is -2.35. The predicted octanol–water partition coefficient (Wildman–Crippen LogP) is 1.74. The molecule has 2 unspecified atom stereocenters. The lowest BCUT2D eigenvalue weighted by atomic mass is 10.1. The summed E-state index contributed by atoms with van der Waals surface area (Å²) < 4.78 is 35.9. The van der Waals surface area contributed by atoms with Crippen LogP contribution in [0.3, 0.4) is 0 Å². The van der Waals surface area contributed by atoms with Crippen molar-refractivity contribution in [1.29, 1.82) is 0 Å². The van der Waals surface area contributed by atoms with Gasteiger partial charge in [-0.1, -0.05) is 0 Å². The van der Waals surface area contributed by atoms with E-state index in [-0.39, 0.29) is 12.5 Å². The fraction of sp³-hybridized carbons (Fsp3) is 1.00. The summed E-state index contributed by atoms with van der Waals surface area (Å²) >= 11 is 1.69. The van der Waals surface area contributed by atoms with Gasteiger partial charge in [-0.25, -0.2) is 0 Å². The van der Waals surface area contributed by atoms with Crippen molar-refractivity contribution in [3.8, 4) is 0 Å². The number of rotatable bonds is 3. The highest BCUT2D eigenvalue weighted by Gasteiger charge is 2.32. The molecule has 2 nitrogen and oxygen atoms in total. The van der Waals surface area contributed by atoms with Crippen molar-refractivity contribution in [3.05, 3.63) is 0 Å². The van der Waals surface area contributed by atoms with E-state index in [9.17, 15) is 18.3 Å². The van der Waals surface area contributed by atoms with E-state index in [1.807, 2.05) is 11.9 Å². The van der Waals surface area contributed by atoms with Gasteiger partial charge in [0.25, 0.3) is 0 Å². The molecule has 0 spiro atoms. The normalized spacial score (nSPS) is 26.6. The molecule has 1 aliphatic rings. The van der Waals surface area contributed by atoms with Crippen LogP contribution in [0.25, 0.3) is 0 Å². The summed E-state index contributed by atoms with van der Waals surface area (Å²) in [4.78, 5) is 1.94. The van der Waals surface area contributed by atoms with E-state index in [0.29, 0.717) is 0 Å². The molecule has 2 atom stereocenters. The van der Waals surface area contributed by atoms with E-state index in [1.165, 1.54) is 0 Å². The monoisotopic (exact) mass is 243 g/mol. The zero-order valence-corrected chi connectivity index (χ0v) is 9.44. The van der Waals surface area contributed by atoms with Gasteiger partial charge in [0.1, 0.15) is 0 Å². The van der Waals surface area contributed by atoms with Gasteiger partial charge in [-0.05, 0) is 13.5 Å². The van der Waals surface area contributed by atoms with Crippen molar-refractivity contribution >= 4 is 11.8 Å². The third kappa shape index (κ3) is 4.61. The first-order valence-electron chi connectivity index (χ1n) is 4.93. The van der Waals surface area contributed by atoms with Gasteiger partial charge in [-0.15, -0.1) is 0 Å². The molecule has 1 fully saturated rings. The fourth-order valence-corrected chi connectivity index (χ4v) is 2.92. The Morgan fingerprint density at radius 3 is 2.73 bits per heavy atom. The Kier molecular flexibility index (Phi) is 4.73. The molecular formula is C9H16F3NOS. The minimum atomic E-state index is -4.17. The minimum Gasteiger partial charge on any atom is -0.391 e. The maximum absolute atomic E-state index is 12.0. The van der Waals surface area contributed by atoms with Gasteiger partial charge < -0.3 is 5.11 Å². The molecule has 1 heterocycles. The van der Waals surface area contributed by atoms with Crippen molar-refractivity contribution in [2.75, 3.05) is 25.1 Å². The second-order valence-corrected chi connectivity index (χ2v) is 4.99. The summed E-state index contributed by atoms with van der Waals surface area (Å²) in [6.45, 7) is 0.832. The third-order valence-electron chi connectivity index (χ3n) is 2.61. The molecule has 0 aromatic heterocycles. The molecule has 6 heteroatoms. The van der Waals surface area contributed by atoms with E-state index < -0.39 is 18.7 Å². The number of nitrogens with zero attached hydrogens (tertiary/aromatic N) is 1. The highest BCUT2D eigenvalue weighted by atomic mass is 32.2. The molecule has 0 aromatic carbocycles. The third-order valence-corrected chi connectivity index (χ3v) is 3.66. The molecule has 1 rings (SSSR count). The Hall–Kier alpha value is 0.0600. The van der Waals surface area contributed by atoms with Gasteiger partial charge in [0, 0.05) is 30.5 Å². The maximum atomic E-state index is 12.0. The molecule has 1 N–H and O–H groups in total. The molecule has 0 bridgehead atoms. The van der Waals surface area contributed by atoms with Crippen LogP contribution in [-0.2, 0) is 0 Å². The van der Waals surface area contributed by atoms with Crippen LogP contribution in [0.2, 0.25) is 0 Å². The van der Waals surface area contributed by atoms with Gasteiger partial charge in [0.15, 0.2) is 0 Å².